The summed E-state index contributed by atoms with van der Waals surface area (Å²) in [4.78, 5) is 0. The van der Waals surface area contributed by atoms with Crippen LogP contribution in [0.4, 0.5) is 0 Å². The lowest BCUT2D eigenvalue weighted by Gasteiger charge is -2.23. The van der Waals surface area contributed by atoms with Gasteiger partial charge in [-0.15, -0.1) is 0 Å². The highest BCUT2D eigenvalue weighted by Gasteiger charge is 2.18. The van der Waals surface area contributed by atoms with E-state index in [0.717, 1.165) is 12.0 Å². The van der Waals surface area contributed by atoms with Crippen LogP contribution in [0.15, 0.2) is 18.2 Å². The Labute approximate surface area is 88.8 Å². The maximum Gasteiger partial charge on any atom is 0.0595 e. The van der Waals surface area contributed by atoms with Gasteiger partial charge in [-0.2, -0.15) is 0 Å². The fourth-order valence-corrected chi connectivity index (χ4v) is 1.35. The van der Waals surface area contributed by atoms with E-state index in [-0.39, 0.29) is 5.54 Å². The van der Waals surface area contributed by atoms with Gasteiger partial charge in [0.2, 0.25) is 0 Å². The van der Waals surface area contributed by atoms with E-state index in [4.69, 9.17) is 28.9 Å². The van der Waals surface area contributed by atoms with Crippen LogP contribution in [-0.4, -0.2) is 0 Å². The molecule has 0 saturated carbocycles. The third-order valence-corrected chi connectivity index (χ3v) is 3.05. The summed E-state index contributed by atoms with van der Waals surface area (Å²) in [6, 6.07) is 5.52. The van der Waals surface area contributed by atoms with Gasteiger partial charge < -0.3 is 5.73 Å². The zero-order chi connectivity index (χ0) is 10.1. The number of hydrogen-bond donors (Lipinski definition) is 1. The highest BCUT2D eigenvalue weighted by molar-refractivity contribution is 6.42. The summed E-state index contributed by atoms with van der Waals surface area (Å²) >= 11 is 11.7. The minimum atomic E-state index is -0.325. The Balaban J connectivity index is 3.10. The van der Waals surface area contributed by atoms with E-state index >= 15 is 0 Å². The van der Waals surface area contributed by atoms with Crippen LogP contribution in [0.5, 0.6) is 0 Å². The summed E-state index contributed by atoms with van der Waals surface area (Å²) < 4.78 is 0. The zero-order valence-electron chi connectivity index (χ0n) is 7.77. The topological polar surface area (TPSA) is 26.0 Å². The Morgan fingerprint density at radius 1 is 1.31 bits per heavy atom. The van der Waals surface area contributed by atoms with Crippen LogP contribution in [0.3, 0.4) is 0 Å². The van der Waals surface area contributed by atoms with Crippen LogP contribution in [0.1, 0.15) is 25.8 Å². The molecule has 1 aromatic rings. The number of halogens is 2. The zero-order valence-corrected chi connectivity index (χ0v) is 9.28. The molecule has 0 aliphatic carbocycles. The Morgan fingerprint density at radius 2 is 1.92 bits per heavy atom. The molecule has 0 amide bonds. The van der Waals surface area contributed by atoms with E-state index < -0.39 is 0 Å². The molecule has 1 aromatic carbocycles. The lowest BCUT2D eigenvalue weighted by Crippen LogP contribution is -2.31. The summed E-state index contributed by atoms with van der Waals surface area (Å²) in [6.07, 6.45) is 0.866. The summed E-state index contributed by atoms with van der Waals surface area (Å²) in [7, 11) is 0. The van der Waals surface area contributed by atoms with E-state index in [1.165, 1.54) is 0 Å². The fourth-order valence-electron chi connectivity index (χ4n) is 1.06. The van der Waals surface area contributed by atoms with Crippen LogP contribution in [-0.2, 0) is 5.54 Å². The molecule has 2 N–H and O–H groups in total. The van der Waals surface area contributed by atoms with E-state index in [1.807, 2.05) is 26.0 Å². The van der Waals surface area contributed by atoms with Crippen molar-refractivity contribution in [1.29, 1.82) is 0 Å². The molecule has 1 nitrogen and oxygen atoms in total. The van der Waals surface area contributed by atoms with Gasteiger partial charge >= 0.3 is 0 Å². The fraction of sp³-hybridized carbons (Fsp3) is 0.400. The molecule has 0 radical (unpaired) electrons. The number of hydrogen-bond acceptors (Lipinski definition) is 1. The smallest absolute Gasteiger partial charge is 0.0595 e. The van der Waals surface area contributed by atoms with Gasteiger partial charge in [0.15, 0.2) is 0 Å². The molecule has 1 atom stereocenters. The number of nitrogens with two attached hydrogens (primary N) is 1. The molecular weight excluding hydrogens is 205 g/mol. The molecule has 13 heavy (non-hydrogen) atoms. The van der Waals surface area contributed by atoms with Crippen molar-refractivity contribution < 1.29 is 0 Å². The quantitative estimate of drug-likeness (QED) is 0.806. The van der Waals surface area contributed by atoms with Gasteiger partial charge in [-0.05, 0) is 31.0 Å². The molecule has 0 heterocycles. The Hall–Kier alpha value is -0.240. The van der Waals surface area contributed by atoms with Gasteiger partial charge in [-0.3, -0.25) is 0 Å². The third kappa shape index (κ3) is 2.37. The number of rotatable bonds is 2. The summed E-state index contributed by atoms with van der Waals surface area (Å²) in [5.41, 5.74) is 6.75. The van der Waals surface area contributed by atoms with Gasteiger partial charge in [0.1, 0.15) is 0 Å². The lowest BCUT2D eigenvalue weighted by atomic mass is 9.91. The van der Waals surface area contributed by atoms with Crippen molar-refractivity contribution in [2.24, 2.45) is 5.73 Å². The highest BCUT2D eigenvalue weighted by Crippen LogP contribution is 2.28. The monoisotopic (exact) mass is 217 g/mol. The van der Waals surface area contributed by atoms with Crippen molar-refractivity contribution in [1.82, 2.24) is 0 Å². The third-order valence-electron chi connectivity index (χ3n) is 2.31. The van der Waals surface area contributed by atoms with E-state index in [2.05, 4.69) is 0 Å². The molecule has 0 aliphatic rings. The minimum absolute atomic E-state index is 0.325. The van der Waals surface area contributed by atoms with Gasteiger partial charge in [0.25, 0.3) is 0 Å². The largest absolute Gasteiger partial charge is 0.322 e. The SMILES string of the molecule is CCC(C)(N)c1ccc(Cl)c(Cl)c1. The van der Waals surface area contributed by atoms with Crippen LogP contribution in [0.25, 0.3) is 0 Å². The molecule has 1 unspecified atom stereocenters. The van der Waals surface area contributed by atoms with Crippen LogP contribution >= 0.6 is 23.2 Å². The highest BCUT2D eigenvalue weighted by atomic mass is 35.5. The summed E-state index contributed by atoms with van der Waals surface area (Å²) in [5.74, 6) is 0. The van der Waals surface area contributed by atoms with Crippen molar-refractivity contribution in [2.75, 3.05) is 0 Å². The molecular formula is C10H13Cl2N. The first-order valence-corrected chi connectivity index (χ1v) is 4.97. The van der Waals surface area contributed by atoms with E-state index in [0.29, 0.717) is 10.0 Å². The molecule has 1 rings (SSSR count). The van der Waals surface area contributed by atoms with Crippen LogP contribution in [0.2, 0.25) is 10.0 Å². The predicted octanol–water partition coefficient (Wildman–Crippen LogP) is 3.58. The molecule has 0 aromatic heterocycles. The molecule has 3 heteroatoms. The van der Waals surface area contributed by atoms with E-state index in [9.17, 15) is 0 Å². The van der Waals surface area contributed by atoms with E-state index in [1.54, 1.807) is 6.07 Å². The maximum atomic E-state index is 6.05. The first kappa shape index (κ1) is 10.8. The predicted molar refractivity (Wildman–Crippen MR) is 58.3 cm³/mol. The molecule has 0 spiro atoms. The standard InChI is InChI=1S/C10H13Cl2N/c1-3-10(2,13)7-4-5-8(11)9(12)6-7/h4-6H,3,13H2,1-2H3. The minimum Gasteiger partial charge on any atom is -0.322 e. The molecule has 72 valence electrons. The van der Waals surface area contributed by atoms with Crippen LogP contribution < -0.4 is 5.73 Å². The van der Waals surface area contributed by atoms with Crippen molar-refractivity contribution >= 4 is 23.2 Å². The average molecular weight is 218 g/mol. The van der Waals surface area contributed by atoms with Gasteiger partial charge in [-0.25, -0.2) is 0 Å². The second-order valence-electron chi connectivity index (χ2n) is 3.40. The second kappa shape index (κ2) is 3.87. The maximum absolute atomic E-state index is 6.05. The van der Waals surface area contributed by atoms with Crippen molar-refractivity contribution in [3.8, 4) is 0 Å². The van der Waals surface area contributed by atoms with Gasteiger partial charge in [0, 0.05) is 5.54 Å². The Kier molecular flexibility index (Phi) is 3.23. The molecule has 0 saturated heterocycles. The van der Waals surface area contributed by atoms with Crippen molar-refractivity contribution in [3.05, 3.63) is 33.8 Å². The average Bonchev–Trinajstić information content (AvgIpc) is 2.09. The summed E-state index contributed by atoms with van der Waals surface area (Å²) in [6.45, 7) is 4.02. The molecule has 0 fully saturated rings. The van der Waals surface area contributed by atoms with Gasteiger partial charge in [0.05, 0.1) is 10.0 Å². The van der Waals surface area contributed by atoms with Crippen molar-refractivity contribution in [3.63, 3.8) is 0 Å². The normalized spacial score (nSPS) is 15.5. The number of benzene rings is 1. The van der Waals surface area contributed by atoms with Gasteiger partial charge in [-0.1, -0.05) is 36.2 Å². The molecule has 0 aliphatic heterocycles. The van der Waals surface area contributed by atoms with Crippen LogP contribution in [0, 0.1) is 0 Å². The Bertz CT molecular complexity index is 308. The van der Waals surface area contributed by atoms with Crippen molar-refractivity contribution in [2.45, 2.75) is 25.8 Å². The molecule has 0 bridgehead atoms. The lowest BCUT2D eigenvalue weighted by molar-refractivity contribution is 0.476. The first-order chi connectivity index (χ1) is 5.97. The summed E-state index contributed by atoms with van der Waals surface area (Å²) in [5, 5.41) is 1.13. The first-order valence-electron chi connectivity index (χ1n) is 4.22. The second-order valence-corrected chi connectivity index (χ2v) is 4.21. The Morgan fingerprint density at radius 3 is 2.38 bits per heavy atom.